The number of hydrogen-bond donors (Lipinski definition) is 2. The Morgan fingerprint density at radius 1 is 1.58 bits per heavy atom. The molecule has 0 saturated heterocycles. The molecular formula is C11H18N2O4S2. The number of sulfonamides is 1. The van der Waals surface area contributed by atoms with Crippen LogP contribution in [0.2, 0.25) is 0 Å². The maximum atomic E-state index is 11.9. The second-order valence-corrected chi connectivity index (χ2v) is 6.90. The number of aryl methyl sites for hydroxylation is 1. The predicted molar refractivity (Wildman–Crippen MR) is 73.9 cm³/mol. The highest BCUT2D eigenvalue weighted by Crippen LogP contribution is 2.24. The number of ether oxygens (including phenoxy) is 1. The molecule has 0 radical (unpaired) electrons. The Balaban J connectivity index is 2.79. The third-order valence-corrected chi connectivity index (χ3v) is 4.57. The second-order valence-electron chi connectivity index (χ2n) is 4.11. The minimum atomic E-state index is -3.78. The Morgan fingerprint density at radius 2 is 2.21 bits per heavy atom. The zero-order valence-corrected chi connectivity index (χ0v) is 12.7. The lowest BCUT2D eigenvalue weighted by atomic mass is 10.3. The van der Waals surface area contributed by atoms with Crippen LogP contribution in [0.3, 0.4) is 0 Å². The number of hydrogen-bond acceptors (Lipinski definition) is 5. The first kappa shape index (κ1) is 16.1. The number of amides is 1. The fourth-order valence-corrected chi connectivity index (χ4v) is 3.54. The van der Waals surface area contributed by atoms with E-state index in [1.807, 2.05) is 13.8 Å². The van der Waals surface area contributed by atoms with Crippen LogP contribution in [0.5, 0.6) is 0 Å². The summed E-state index contributed by atoms with van der Waals surface area (Å²) < 4.78 is 27.8. The van der Waals surface area contributed by atoms with E-state index in [1.165, 1.54) is 6.07 Å². The number of primary sulfonamides is 1. The topological polar surface area (TPSA) is 98.5 Å². The minimum Gasteiger partial charge on any atom is -0.380 e. The van der Waals surface area contributed by atoms with Gasteiger partial charge in [-0.05, 0) is 26.8 Å². The Bertz CT molecular complexity index is 551. The van der Waals surface area contributed by atoms with Crippen molar-refractivity contribution in [2.75, 3.05) is 13.2 Å². The molecule has 1 atom stereocenters. The number of nitrogens with two attached hydrogens (primary N) is 1. The van der Waals surface area contributed by atoms with Gasteiger partial charge in [0.15, 0.2) is 0 Å². The molecule has 1 aromatic heterocycles. The molecule has 1 amide bonds. The third-order valence-electron chi connectivity index (χ3n) is 2.35. The summed E-state index contributed by atoms with van der Waals surface area (Å²) in [4.78, 5) is 12.7. The van der Waals surface area contributed by atoms with Crippen LogP contribution in [0.25, 0.3) is 0 Å². The van der Waals surface area contributed by atoms with Gasteiger partial charge in [0.1, 0.15) is 0 Å². The van der Waals surface area contributed by atoms with Crippen LogP contribution in [0.1, 0.15) is 28.4 Å². The van der Waals surface area contributed by atoms with Crippen LogP contribution in [0.4, 0.5) is 0 Å². The zero-order valence-electron chi connectivity index (χ0n) is 11.1. The number of thiophene rings is 1. The van der Waals surface area contributed by atoms with Gasteiger partial charge in [-0.15, -0.1) is 11.3 Å². The number of rotatable bonds is 6. The van der Waals surface area contributed by atoms with Crippen LogP contribution in [-0.4, -0.2) is 33.6 Å². The number of carbonyl (C=O) groups excluding carboxylic acids is 1. The average Bonchev–Trinajstić information content (AvgIpc) is 2.68. The number of carbonyl (C=O) groups is 1. The van der Waals surface area contributed by atoms with Gasteiger partial charge in [0, 0.05) is 17.5 Å². The largest absolute Gasteiger partial charge is 0.380 e. The van der Waals surface area contributed by atoms with Crippen molar-refractivity contribution in [2.24, 2.45) is 5.14 Å². The summed E-state index contributed by atoms with van der Waals surface area (Å²) in [5.74, 6) is -0.324. The Kier molecular flexibility index (Phi) is 5.48. The summed E-state index contributed by atoms with van der Waals surface area (Å²) in [6.45, 7) is 6.29. The molecule has 0 aliphatic heterocycles. The molecular weight excluding hydrogens is 288 g/mol. The van der Waals surface area contributed by atoms with Crippen LogP contribution >= 0.6 is 11.3 Å². The molecule has 0 aliphatic rings. The first-order valence-corrected chi connectivity index (χ1v) is 8.13. The lowest BCUT2D eigenvalue weighted by Gasteiger charge is -2.12. The van der Waals surface area contributed by atoms with Crippen LogP contribution in [0, 0.1) is 6.92 Å². The quantitative estimate of drug-likeness (QED) is 0.814. The highest BCUT2D eigenvalue weighted by atomic mass is 32.2. The summed E-state index contributed by atoms with van der Waals surface area (Å²) in [5, 5.41) is 7.80. The van der Waals surface area contributed by atoms with E-state index >= 15 is 0 Å². The van der Waals surface area contributed by atoms with Gasteiger partial charge < -0.3 is 10.1 Å². The van der Waals surface area contributed by atoms with Crippen LogP contribution in [-0.2, 0) is 14.8 Å². The van der Waals surface area contributed by atoms with Crippen molar-refractivity contribution in [2.45, 2.75) is 31.7 Å². The molecule has 0 aliphatic carbocycles. The molecule has 1 aromatic rings. The fraction of sp³-hybridized carbons (Fsp3) is 0.545. The van der Waals surface area contributed by atoms with Crippen molar-refractivity contribution in [1.82, 2.24) is 5.32 Å². The summed E-state index contributed by atoms with van der Waals surface area (Å²) in [5.41, 5.74) is 0. The molecule has 6 nitrogen and oxygen atoms in total. The molecule has 0 saturated carbocycles. The monoisotopic (exact) mass is 306 g/mol. The molecule has 3 N–H and O–H groups in total. The first-order chi connectivity index (χ1) is 8.75. The van der Waals surface area contributed by atoms with E-state index in [4.69, 9.17) is 9.88 Å². The van der Waals surface area contributed by atoms with Gasteiger partial charge in [-0.3, -0.25) is 4.79 Å². The van der Waals surface area contributed by atoms with Gasteiger partial charge in [0.2, 0.25) is 10.0 Å². The van der Waals surface area contributed by atoms with Gasteiger partial charge in [-0.2, -0.15) is 0 Å². The second kappa shape index (κ2) is 6.47. The molecule has 8 heteroatoms. The van der Waals surface area contributed by atoms with Crippen molar-refractivity contribution in [3.8, 4) is 0 Å². The normalized spacial score (nSPS) is 13.3. The van der Waals surface area contributed by atoms with E-state index < -0.39 is 10.0 Å². The molecule has 0 spiro atoms. The van der Waals surface area contributed by atoms with E-state index in [0.717, 1.165) is 11.3 Å². The standard InChI is InChI=1S/C11H18N2O4S2/c1-4-17-6-7(2)13-11(14)9-5-10(8(3)18-9)19(12,15)16/h5,7H,4,6H2,1-3H3,(H,13,14)(H2,12,15,16). The van der Waals surface area contributed by atoms with Gasteiger partial charge in [0.25, 0.3) is 5.91 Å². The lowest BCUT2D eigenvalue weighted by molar-refractivity contribution is 0.0875. The summed E-state index contributed by atoms with van der Waals surface area (Å²) in [6, 6.07) is 1.16. The van der Waals surface area contributed by atoms with E-state index in [2.05, 4.69) is 5.32 Å². The first-order valence-electron chi connectivity index (χ1n) is 5.77. The van der Waals surface area contributed by atoms with Gasteiger partial charge >= 0.3 is 0 Å². The Hall–Kier alpha value is -0.960. The molecule has 0 fully saturated rings. The molecule has 0 aromatic carbocycles. The molecule has 108 valence electrons. The molecule has 1 heterocycles. The maximum Gasteiger partial charge on any atom is 0.261 e. The average molecular weight is 306 g/mol. The van der Waals surface area contributed by atoms with Crippen LogP contribution in [0.15, 0.2) is 11.0 Å². The van der Waals surface area contributed by atoms with Crippen molar-refractivity contribution >= 4 is 27.3 Å². The fourth-order valence-electron chi connectivity index (χ4n) is 1.49. The van der Waals surface area contributed by atoms with Gasteiger partial charge in [-0.25, -0.2) is 13.6 Å². The smallest absolute Gasteiger partial charge is 0.261 e. The summed E-state index contributed by atoms with van der Waals surface area (Å²) in [6.07, 6.45) is 0. The molecule has 19 heavy (non-hydrogen) atoms. The predicted octanol–water partition coefficient (Wildman–Crippen LogP) is 0.859. The van der Waals surface area contributed by atoms with E-state index in [-0.39, 0.29) is 16.8 Å². The van der Waals surface area contributed by atoms with Crippen molar-refractivity contribution in [1.29, 1.82) is 0 Å². The minimum absolute atomic E-state index is 0.000103. The van der Waals surface area contributed by atoms with Crippen molar-refractivity contribution < 1.29 is 17.9 Å². The summed E-state index contributed by atoms with van der Waals surface area (Å²) in [7, 11) is -3.78. The van der Waals surface area contributed by atoms with Crippen molar-refractivity contribution in [3.63, 3.8) is 0 Å². The van der Waals surface area contributed by atoms with Crippen LogP contribution < -0.4 is 10.5 Å². The van der Waals surface area contributed by atoms with E-state index in [1.54, 1.807) is 6.92 Å². The number of nitrogens with one attached hydrogen (secondary N) is 1. The van der Waals surface area contributed by atoms with E-state index in [9.17, 15) is 13.2 Å². The third kappa shape index (κ3) is 4.57. The van der Waals surface area contributed by atoms with Crippen molar-refractivity contribution in [3.05, 3.63) is 15.8 Å². The molecule has 1 rings (SSSR count). The zero-order chi connectivity index (χ0) is 14.6. The highest BCUT2D eigenvalue weighted by Gasteiger charge is 2.19. The molecule has 0 bridgehead atoms. The van der Waals surface area contributed by atoms with Gasteiger partial charge in [0.05, 0.1) is 16.4 Å². The van der Waals surface area contributed by atoms with Gasteiger partial charge in [-0.1, -0.05) is 0 Å². The summed E-state index contributed by atoms with van der Waals surface area (Å²) >= 11 is 1.10. The highest BCUT2D eigenvalue weighted by molar-refractivity contribution is 7.89. The SMILES string of the molecule is CCOCC(C)NC(=O)c1cc(S(N)(=O)=O)c(C)s1. The lowest BCUT2D eigenvalue weighted by Crippen LogP contribution is -2.35. The maximum absolute atomic E-state index is 11.9. The van der Waals surface area contributed by atoms with E-state index in [0.29, 0.717) is 23.0 Å². The Morgan fingerprint density at radius 3 is 2.68 bits per heavy atom. The molecule has 1 unspecified atom stereocenters. The Labute approximate surface area is 117 Å².